The molecule has 5 heteroatoms. The normalized spacial score (nSPS) is 25.2. The number of nitrogens with two attached hydrogens (primary N) is 1. The Morgan fingerprint density at radius 2 is 2.27 bits per heavy atom. The van der Waals surface area contributed by atoms with Gasteiger partial charge in [-0.15, -0.1) is 0 Å². The van der Waals surface area contributed by atoms with Crippen LogP contribution < -0.4 is 16.6 Å². The van der Waals surface area contributed by atoms with E-state index < -0.39 is 0 Å². The van der Waals surface area contributed by atoms with E-state index in [0.29, 0.717) is 11.9 Å². The molecule has 4 N–H and O–H groups in total. The van der Waals surface area contributed by atoms with Gasteiger partial charge in [-0.3, -0.25) is 0 Å². The highest BCUT2D eigenvalue weighted by atomic mass is 16.5. The molecule has 0 aliphatic carbocycles. The molecular formula is C10H16N4O. The van der Waals surface area contributed by atoms with Crippen LogP contribution in [0, 0.1) is 0 Å². The van der Waals surface area contributed by atoms with Gasteiger partial charge in [0.2, 0.25) is 0 Å². The Labute approximate surface area is 89.0 Å². The Morgan fingerprint density at radius 3 is 2.93 bits per heavy atom. The number of pyridine rings is 1. The van der Waals surface area contributed by atoms with Crippen LogP contribution in [0.2, 0.25) is 0 Å². The van der Waals surface area contributed by atoms with Crippen molar-refractivity contribution in [2.75, 3.05) is 17.3 Å². The summed E-state index contributed by atoms with van der Waals surface area (Å²) in [5.74, 6) is 6.77. The summed E-state index contributed by atoms with van der Waals surface area (Å²) >= 11 is 0. The van der Waals surface area contributed by atoms with Crippen LogP contribution >= 0.6 is 0 Å². The first kappa shape index (κ1) is 10.2. The van der Waals surface area contributed by atoms with Gasteiger partial charge in [-0.25, -0.2) is 10.8 Å². The molecule has 2 unspecified atom stereocenters. The van der Waals surface area contributed by atoms with Crippen LogP contribution in [0.25, 0.3) is 0 Å². The van der Waals surface area contributed by atoms with Crippen molar-refractivity contribution in [3.63, 3.8) is 0 Å². The second kappa shape index (κ2) is 4.46. The lowest BCUT2D eigenvalue weighted by Crippen LogP contribution is -2.27. The topological polar surface area (TPSA) is 72.2 Å². The summed E-state index contributed by atoms with van der Waals surface area (Å²) in [5.41, 5.74) is 2.52. The molecule has 0 spiro atoms. The summed E-state index contributed by atoms with van der Waals surface area (Å²) in [5, 5.41) is 3.33. The van der Waals surface area contributed by atoms with Crippen LogP contribution in [0.4, 0.5) is 11.6 Å². The molecule has 0 radical (unpaired) electrons. The van der Waals surface area contributed by atoms with Crippen LogP contribution in [0.15, 0.2) is 18.2 Å². The van der Waals surface area contributed by atoms with Crippen LogP contribution in [-0.2, 0) is 4.74 Å². The third kappa shape index (κ3) is 2.37. The van der Waals surface area contributed by atoms with Crippen molar-refractivity contribution in [3.05, 3.63) is 18.2 Å². The van der Waals surface area contributed by atoms with Gasteiger partial charge in [0, 0.05) is 6.61 Å². The summed E-state index contributed by atoms with van der Waals surface area (Å²) in [6, 6.07) is 5.99. The van der Waals surface area contributed by atoms with Gasteiger partial charge >= 0.3 is 0 Å². The van der Waals surface area contributed by atoms with Crippen molar-refractivity contribution >= 4 is 11.6 Å². The van der Waals surface area contributed by atoms with Gasteiger partial charge in [0.15, 0.2) is 0 Å². The van der Waals surface area contributed by atoms with E-state index in [1.807, 2.05) is 18.2 Å². The Balaban J connectivity index is 2.03. The van der Waals surface area contributed by atoms with Crippen molar-refractivity contribution in [3.8, 4) is 0 Å². The summed E-state index contributed by atoms with van der Waals surface area (Å²) in [6.07, 6.45) is 1.25. The maximum atomic E-state index is 5.46. The number of hydrogen-bond donors (Lipinski definition) is 3. The minimum absolute atomic E-state index is 0.237. The summed E-state index contributed by atoms with van der Waals surface area (Å²) in [7, 11) is 0. The van der Waals surface area contributed by atoms with Gasteiger partial charge in [-0.2, -0.15) is 0 Å². The van der Waals surface area contributed by atoms with Crippen molar-refractivity contribution in [1.29, 1.82) is 0 Å². The van der Waals surface area contributed by atoms with Gasteiger partial charge in [-0.1, -0.05) is 6.07 Å². The Hall–Kier alpha value is -1.33. The number of nitrogens with zero attached hydrogens (tertiary/aromatic N) is 1. The van der Waals surface area contributed by atoms with Gasteiger partial charge in [0.1, 0.15) is 11.6 Å². The van der Waals surface area contributed by atoms with E-state index in [0.717, 1.165) is 18.8 Å². The number of anilines is 2. The van der Waals surface area contributed by atoms with E-state index in [1.165, 1.54) is 0 Å². The zero-order chi connectivity index (χ0) is 10.7. The largest absolute Gasteiger partial charge is 0.376 e. The average molecular weight is 208 g/mol. The lowest BCUT2D eigenvalue weighted by molar-refractivity contribution is 0.121. The van der Waals surface area contributed by atoms with Crippen LogP contribution in [-0.4, -0.2) is 23.7 Å². The molecule has 2 rings (SSSR count). The molecule has 0 amide bonds. The number of ether oxygens (including phenoxy) is 1. The molecule has 0 aromatic carbocycles. The predicted octanol–water partition coefficient (Wildman–Crippen LogP) is 0.956. The zero-order valence-electron chi connectivity index (χ0n) is 8.73. The Kier molecular flexibility index (Phi) is 3.03. The maximum absolute atomic E-state index is 5.46. The SMILES string of the molecule is CC1OCCC1Nc1cccc(NN)n1. The van der Waals surface area contributed by atoms with E-state index in [1.54, 1.807) is 0 Å². The zero-order valence-corrected chi connectivity index (χ0v) is 8.73. The fraction of sp³-hybridized carbons (Fsp3) is 0.500. The molecule has 1 aromatic rings. The number of hydrogen-bond acceptors (Lipinski definition) is 5. The first-order chi connectivity index (χ1) is 7.29. The number of rotatable bonds is 3. The molecule has 1 aliphatic rings. The molecule has 2 atom stereocenters. The number of nitrogen functional groups attached to an aromatic ring is 1. The van der Waals surface area contributed by atoms with Crippen LogP contribution in [0.5, 0.6) is 0 Å². The average Bonchev–Trinajstić information content (AvgIpc) is 2.65. The Morgan fingerprint density at radius 1 is 1.47 bits per heavy atom. The second-order valence-electron chi connectivity index (χ2n) is 3.67. The smallest absolute Gasteiger partial charge is 0.142 e. The molecule has 82 valence electrons. The standard InChI is InChI=1S/C10H16N4O/c1-7-8(5-6-15-7)12-9-3-2-4-10(13-9)14-11/h2-4,7-8H,5-6,11H2,1H3,(H2,12,13,14). The minimum atomic E-state index is 0.237. The highest BCUT2D eigenvalue weighted by Gasteiger charge is 2.24. The second-order valence-corrected chi connectivity index (χ2v) is 3.67. The monoisotopic (exact) mass is 208 g/mol. The van der Waals surface area contributed by atoms with E-state index >= 15 is 0 Å². The molecule has 1 saturated heterocycles. The first-order valence-electron chi connectivity index (χ1n) is 5.11. The van der Waals surface area contributed by atoms with Crippen molar-refractivity contribution in [2.45, 2.75) is 25.5 Å². The quantitative estimate of drug-likeness (QED) is 0.509. The fourth-order valence-corrected chi connectivity index (χ4v) is 1.71. The molecular weight excluding hydrogens is 192 g/mol. The summed E-state index contributed by atoms with van der Waals surface area (Å²) < 4.78 is 5.46. The van der Waals surface area contributed by atoms with Gasteiger partial charge in [0.25, 0.3) is 0 Å². The van der Waals surface area contributed by atoms with E-state index in [4.69, 9.17) is 10.6 Å². The first-order valence-corrected chi connectivity index (χ1v) is 5.11. The third-order valence-corrected chi connectivity index (χ3v) is 2.61. The molecule has 1 fully saturated rings. The maximum Gasteiger partial charge on any atom is 0.142 e. The molecule has 5 nitrogen and oxygen atoms in total. The highest BCUT2D eigenvalue weighted by molar-refractivity contribution is 5.45. The van der Waals surface area contributed by atoms with Crippen LogP contribution in [0.3, 0.4) is 0 Å². The molecule has 1 aromatic heterocycles. The number of aromatic nitrogens is 1. The van der Waals surface area contributed by atoms with Crippen molar-refractivity contribution in [2.24, 2.45) is 5.84 Å². The molecule has 1 aliphatic heterocycles. The van der Waals surface area contributed by atoms with Crippen molar-refractivity contribution in [1.82, 2.24) is 4.98 Å². The highest BCUT2D eigenvalue weighted by Crippen LogP contribution is 2.18. The molecule has 0 saturated carbocycles. The predicted molar refractivity (Wildman–Crippen MR) is 59.5 cm³/mol. The van der Waals surface area contributed by atoms with Crippen molar-refractivity contribution < 1.29 is 4.74 Å². The lowest BCUT2D eigenvalue weighted by Gasteiger charge is -2.16. The van der Waals surface area contributed by atoms with E-state index in [2.05, 4.69) is 22.7 Å². The minimum Gasteiger partial charge on any atom is -0.376 e. The van der Waals surface area contributed by atoms with E-state index in [-0.39, 0.29) is 6.10 Å². The van der Waals surface area contributed by atoms with Gasteiger partial charge < -0.3 is 15.5 Å². The Bertz CT molecular complexity index is 331. The summed E-state index contributed by atoms with van der Waals surface area (Å²) in [6.45, 7) is 2.88. The van der Waals surface area contributed by atoms with Gasteiger partial charge in [-0.05, 0) is 25.5 Å². The van der Waals surface area contributed by atoms with Crippen LogP contribution in [0.1, 0.15) is 13.3 Å². The van der Waals surface area contributed by atoms with Gasteiger partial charge in [0.05, 0.1) is 12.1 Å². The number of hydrazine groups is 1. The third-order valence-electron chi connectivity index (χ3n) is 2.61. The number of nitrogens with one attached hydrogen (secondary N) is 2. The molecule has 0 bridgehead atoms. The summed E-state index contributed by atoms with van der Waals surface area (Å²) in [4.78, 5) is 4.29. The van der Waals surface area contributed by atoms with E-state index in [9.17, 15) is 0 Å². The lowest BCUT2D eigenvalue weighted by atomic mass is 10.1. The fourth-order valence-electron chi connectivity index (χ4n) is 1.71. The molecule has 15 heavy (non-hydrogen) atoms. The molecule has 2 heterocycles.